The van der Waals surface area contributed by atoms with Gasteiger partial charge in [-0.25, -0.2) is 14.4 Å². The second-order valence-electron chi connectivity index (χ2n) is 5.31. The molecule has 3 N–H and O–H groups in total. The zero-order chi connectivity index (χ0) is 16.9. The lowest BCUT2D eigenvalue weighted by atomic mass is 10.1. The van der Waals surface area contributed by atoms with Crippen LogP contribution in [0.25, 0.3) is 0 Å². The summed E-state index contributed by atoms with van der Waals surface area (Å²) in [6.45, 7) is 3.99. The van der Waals surface area contributed by atoms with Crippen LogP contribution in [0.1, 0.15) is 31.1 Å². The topological polar surface area (TPSA) is 91.4 Å². The van der Waals surface area contributed by atoms with E-state index < -0.39 is 0 Å². The first-order valence-corrected chi connectivity index (χ1v) is 7.66. The molecule has 124 valence electrons. The molecule has 0 radical (unpaired) electrons. The second kappa shape index (κ2) is 7.03. The monoisotopic (exact) mass is 327 g/mol. The lowest BCUT2D eigenvalue weighted by Crippen LogP contribution is -2.11. The van der Waals surface area contributed by atoms with Crippen LogP contribution in [0.15, 0.2) is 36.7 Å². The summed E-state index contributed by atoms with van der Waals surface area (Å²) in [4.78, 5) is 12.5. The Morgan fingerprint density at radius 2 is 1.92 bits per heavy atom. The van der Waals surface area contributed by atoms with E-state index in [0.29, 0.717) is 17.7 Å². The van der Waals surface area contributed by atoms with Gasteiger partial charge in [0.25, 0.3) is 0 Å². The fourth-order valence-electron chi connectivity index (χ4n) is 2.18. The van der Waals surface area contributed by atoms with Crippen molar-refractivity contribution in [3.63, 3.8) is 0 Å². The van der Waals surface area contributed by atoms with E-state index >= 15 is 0 Å². The van der Waals surface area contributed by atoms with Crippen LogP contribution in [0.2, 0.25) is 0 Å². The van der Waals surface area contributed by atoms with Gasteiger partial charge in [0.2, 0.25) is 11.9 Å². The standard InChI is InChI=1S/C16H18FN7/c1-3-13-8-14(24-23-13)21-16-19-9-18-15(22-16)20-10(2)11-4-6-12(17)7-5-11/h4-10H,3H2,1-2H3,(H3,18,19,20,21,22,23,24). The van der Waals surface area contributed by atoms with E-state index in [1.165, 1.54) is 18.5 Å². The number of nitrogens with zero attached hydrogens (tertiary/aromatic N) is 4. The zero-order valence-corrected chi connectivity index (χ0v) is 13.4. The minimum atomic E-state index is -0.261. The van der Waals surface area contributed by atoms with E-state index in [1.54, 1.807) is 12.1 Å². The molecule has 0 saturated heterocycles. The van der Waals surface area contributed by atoms with Crippen molar-refractivity contribution in [1.82, 2.24) is 25.1 Å². The highest BCUT2D eigenvalue weighted by Gasteiger charge is 2.09. The average Bonchev–Trinajstić information content (AvgIpc) is 3.03. The van der Waals surface area contributed by atoms with Crippen LogP contribution >= 0.6 is 0 Å². The van der Waals surface area contributed by atoms with Gasteiger partial charge in [-0.15, -0.1) is 0 Å². The van der Waals surface area contributed by atoms with Crippen molar-refractivity contribution < 1.29 is 4.39 Å². The van der Waals surface area contributed by atoms with Crippen molar-refractivity contribution in [2.75, 3.05) is 10.6 Å². The van der Waals surface area contributed by atoms with Gasteiger partial charge in [0.1, 0.15) is 12.1 Å². The summed E-state index contributed by atoms with van der Waals surface area (Å²) < 4.78 is 13.0. The Morgan fingerprint density at radius 1 is 1.17 bits per heavy atom. The Balaban J connectivity index is 1.69. The number of halogens is 1. The maximum absolute atomic E-state index is 13.0. The molecule has 1 unspecified atom stereocenters. The molecule has 3 rings (SSSR count). The molecule has 2 heterocycles. The minimum absolute atomic E-state index is 0.0714. The third kappa shape index (κ3) is 3.83. The van der Waals surface area contributed by atoms with Gasteiger partial charge >= 0.3 is 0 Å². The SMILES string of the molecule is CCc1cc(Nc2ncnc(NC(C)c3ccc(F)cc3)n2)n[nH]1. The number of rotatable bonds is 6. The number of hydrogen-bond acceptors (Lipinski definition) is 6. The van der Waals surface area contributed by atoms with Gasteiger partial charge in [0, 0.05) is 11.8 Å². The first-order chi connectivity index (χ1) is 11.6. The molecule has 2 aromatic heterocycles. The van der Waals surface area contributed by atoms with Crippen molar-refractivity contribution in [2.24, 2.45) is 0 Å². The molecule has 1 aromatic carbocycles. The van der Waals surface area contributed by atoms with Gasteiger partial charge in [-0.05, 0) is 31.0 Å². The van der Waals surface area contributed by atoms with E-state index in [-0.39, 0.29) is 11.9 Å². The van der Waals surface area contributed by atoms with Crippen LogP contribution in [0.4, 0.5) is 22.1 Å². The number of H-pyrrole nitrogens is 1. The van der Waals surface area contributed by atoms with E-state index in [1.807, 2.05) is 19.9 Å². The van der Waals surface area contributed by atoms with Crippen molar-refractivity contribution in [3.05, 3.63) is 53.7 Å². The number of aromatic amines is 1. The Bertz CT molecular complexity index is 800. The number of hydrogen-bond donors (Lipinski definition) is 3. The molecule has 0 amide bonds. The maximum atomic E-state index is 13.0. The van der Waals surface area contributed by atoms with Crippen LogP contribution in [-0.4, -0.2) is 25.1 Å². The average molecular weight is 327 g/mol. The molecular weight excluding hydrogens is 309 g/mol. The molecule has 0 fully saturated rings. The van der Waals surface area contributed by atoms with E-state index in [4.69, 9.17) is 0 Å². The smallest absolute Gasteiger partial charge is 0.233 e. The minimum Gasteiger partial charge on any atom is -0.348 e. The molecule has 0 saturated carbocycles. The first kappa shape index (κ1) is 15.9. The van der Waals surface area contributed by atoms with Gasteiger partial charge in [0.05, 0.1) is 6.04 Å². The Morgan fingerprint density at radius 3 is 2.62 bits per heavy atom. The van der Waals surface area contributed by atoms with Gasteiger partial charge in [0.15, 0.2) is 5.82 Å². The molecule has 1 atom stereocenters. The van der Waals surface area contributed by atoms with Crippen LogP contribution in [0, 0.1) is 5.82 Å². The Hall–Kier alpha value is -3.03. The molecular formula is C16H18FN7. The molecule has 0 bridgehead atoms. The van der Waals surface area contributed by atoms with Crippen LogP contribution in [0.3, 0.4) is 0 Å². The second-order valence-corrected chi connectivity index (χ2v) is 5.31. The lowest BCUT2D eigenvalue weighted by molar-refractivity contribution is 0.626. The third-order valence-electron chi connectivity index (χ3n) is 3.54. The van der Waals surface area contributed by atoms with E-state index in [9.17, 15) is 4.39 Å². The molecule has 3 aromatic rings. The van der Waals surface area contributed by atoms with E-state index in [0.717, 1.165) is 17.7 Å². The normalized spacial score (nSPS) is 12.0. The molecule has 8 heteroatoms. The third-order valence-corrected chi connectivity index (χ3v) is 3.54. The molecule has 7 nitrogen and oxygen atoms in total. The summed E-state index contributed by atoms with van der Waals surface area (Å²) in [5.74, 6) is 1.21. The Kier molecular flexibility index (Phi) is 4.64. The van der Waals surface area contributed by atoms with Crippen LogP contribution < -0.4 is 10.6 Å². The quantitative estimate of drug-likeness (QED) is 0.644. The van der Waals surface area contributed by atoms with Crippen molar-refractivity contribution in [1.29, 1.82) is 0 Å². The lowest BCUT2D eigenvalue weighted by Gasteiger charge is -2.14. The predicted molar refractivity (Wildman–Crippen MR) is 89.5 cm³/mol. The van der Waals surface area contributed by atoms with Crippen molar-refractivity contribution >= 4 is 17.7 Å². The maximum Gasteiger partial charge on any atom is 0.233 e. The Labute approximate surface area is 138 Å². The fourth-order valence-corrected chi connectivity index (χ4v) is 2.18. The van der Waals surface area contributed by atoms with E-state index in [2.05, 4.69) is 35.8 Å². The molecule has 24 heavy (non-hydrogen) atoms. The predicted octanol–water partition coefficient (Wildman–Crippen LogP) is 3.21. The first-order valence-electron chi connectivity index (χ1n) is 7.66. The molecule has 0 spiro atoms. The summed E-state index contributed by atoms with van der Waals surface area (Å²) in [5, 5.41) is 13.2. The molecule has 0 aliphatic rings. The fraction of sp³-hybridized carbons (Fsp3) is 0.250. The largest absolute Gasteiger partial charge is 0.348 e. The number of nitrogens with one attached hydrogen (secondary N) is 3. The van der Waals surface area contributed by atoms with Gasteiger partial charge in [-0.1, -0.05) is 19.1 Å². The number of aryl methyl sites for hydroxylation is 1. The van der Waals surface area contributed by atoms with Gasteiger partial charge < -0.3 is 10.6 Å². The highest BCUT2D eigenvalue weighted by Crippen LogP contribution is 2.18. The van der Waals surface area contributed by atoms with Crippen LogP contribution in [0.5, 0.6) is 0 Å². The summed E-state index contributed by atoms with van der Waals surface area (Å²) in [7, 11) is 0. The number of aromatic nitrogens is 5. The molecule has 0 aliphatic carbocycles. The summed E-state index contributed by atoms with van der Waals surface area (Å²) in [6.07, 6.45) is 2.29. The highest BCUT2D eigenvalue weighted by molar-refractivity contribution is 5.49. The highest BCUT2D eigenvalue weighted by atomic mass is 19.1. The summed E-state index contributed by atoms with van der Waals surface area (Å²) in [5.41, 5.74) is 1.96. The van der Waals surface area contributed by atoms with Crippen molar-refractivity contribution in [3.8, 4) is 0 Å². The van der Waals surface area contributed by atoms with Crippen LogP contribution in [-0.2, 0) is 6.42 Å². The number of anilines is 3. The number of benzene rings is 1. The van der Waals surface area contributed by atoms with Crippen molar-refractivity contribution in [2.45, 2.75) is 26.3 Å². The van der Waals surface area contributed by atoms with Gasteiger partial charge in [-0.2, -0.15) is 10.1 Å². The van der Waals surface area contributed by atoms with Gasteiger partial charge in [-0.3, -0.25) is 5.10 Å². The zero-order valence-electron chi connectivity index (χ0n) is 13.4. The summed E-state index contributed by atoms with van der Waals surface area (Å²) in [6, 6.07) is 8.14. The molecule has 0 aliphatic heterocycles. The summed E-state index contributed by atoms with van der Waals surface area (Å²) >= 11 is 0.